The molecule has 0 N–H and O–H groups in total. The molecule has 2 aromatic rings. The second-order valence-electron chi connectivity index (χ2n) is 3.61. The third-order valence-electron chi connectivity index (χ3n) is 2.28. The monoisotopic (exact) mass is 228 g/mol. The lowest BCUT2D eigenvalue weighted by molar-refractivity contribution is -0.131. The number of carbonyl (C=O) groups is 1. The number of esters is 1. The minimum absolute atomic E-state index is 0.354. The normalized spacial score (nSPS) is 10.0. The number of hydrogen-bond donors (Lipinski definition) is 0. The molecular formula is C13H12N2O2. The van der Waals surface area contributed by atoms with Gasteiger partial charge in [-0.1, -0.05) is 12.1 Å². The first-order valence-corrected chi connectivity index (χ1v) is 5.24. The summed E-state index contributed by atoms with van der Waals surface area (Å²) in [6, 6.07) is 7.24. The van der Waals surface area contributed by atoms with E-state index in [1.807, 2.05) is 19.1 Å². The first-order valence-electron chi connectivity index (χ1n) is 5.24. The van der Waals surface area contributed by atoms with Gasteiger partial charge >= 0.3 is 5.97 Å². The minimum Gasteiger partial charge on any atom is -0.426 e. The van der Waals surface area contributed by atoms with Crippen LogP contribution in [0.25, 0.3) is 11.4 Å². The van der Waals surface area contributed by atoms with Gasteiger partial charge in [0.25, 0.3) is 0 Å². The number of carbonyl (C=O) groups excluding carboxylic acids is 1. The van der Waals surface area contributed by atoms with Gasteiger partial charge < -0.3 is 4.74 Å². The Morgan fingerprint density at radius 2 is 1.88 bits per heavy atom. The highest BCUT2D eigenvalue weighted by Crippen LogP contribution is 2.30. The SMILES string of the molecule is CC(=O)Oc1cccc(C)c1-c1ncccn1. The van der Waals surface area contributed by atoms with Gasteiger partial charge in [-0.15, -0.1) is 0 Å². The summed E-state index contributed by atoms with van der Waals surface area (Å²) in [6.45, 7) is 3.30. The molecule has 0 fully saturated rings. The summed E-state index contributed by atoms with van der Waals surface area (Å²) in [5.74, 6) is 0.693. The Morgan fingerprint density at radius 1 is 1.18 bits per heavy atom. The molecule has 0 bridgehead atoms. The van der Waals surface area contributed by atoms with Gasteiger partial charge in [-0.2, -0.15) is 0 Å². The number of benzene rings is 1. The van der Waals surface area contributed by atoms with Crippen LogP contribution in [0.15, 0.2) is 36.7 Å². The predicted molar refractivity (Wildman–Crippen MR) is 63.5 cm³/mol. The van der Waals surface area contributed by atoms with Gasteiger partial charge in [-0.25, -0.2) is 9.97 Å². The number of ether oxygens (including phenoxy) is 1. The van der Waals surface area contributed by atoms with E-state index in [1.54, 1.807) is 24.5 Å². The van der Waals surface area contributed by atoms with Crippen molar-refractivity contribution in [3.05, 3.63) is 42.2 Å². The molecule has 0 atom stereocenters. The first-order chi connectivity index (χ1) is 8.18. The van der Waals surface area contributed by atoms with Crippen molar-refractivity contribution < 1.29 is 9.53 Å². The van der Waals surface area contributed by atoms with E-state index in [2.05, 4.69) is 9.97 Å². The van der Waals surface area contributed by atoms with Gasteiger partial charge in [0, 0.05) is 19.3 Å². The van der Waals surface area contributed by atoms with E-state index in [9.17, 15) is 4.79 Å². The molecule has 0 saturated heterocycles. The Hall–Kier alpha value is -2.23. The first kappa shape index (κ1) is 11.3. The Labute approximate surface area is 99.3 Å². The molecule has 0 radical (unpaired) electrons. The molecule has 4 nitrogen and oxygen atoms in total. The molecule has 0 unspecified atom stereocenters. The van der Waals surface area contributed by atoms with Gasteiger partial charge in [0.1, 0.15) is 5.75 Å². The molecule has 1 aromatic heterocycles. The molecule has 86 valence electrons. The van der Waals surface area contributed by atoms with Crippen molar-refractivity contribution in [2.24, 2.45) is 0 Å². The number of aryl methyl sites for hydroxylation is 1. The molecule has 0 spiro atoms. The van der Waals surface area contributed by atoms with Gasteiger partial charge in [0.05, 0.1) is 5.56 Å². The van der Waals surface area contributed by atoms with Crippen LogP contribution in [0.3, 0.4) is 0 Å². The molecule has 2 rings (SSSR count). The second-order valence-corrected chi connectivity index (χ2v) is 3.61. The van der Waals surface area contributed by atoms with Gasteiger partial charge in [0.15, 0.2) is 5.82 Å². The molecule has 0 aliphatic rings. The lowest BCUT2D eigenvalue weighted by atomic mass is 10.1. The molecular weight excluding hydrogens is 216 g/mol. The number of nitrogens with zero attached hydrogens (tertiary/aromatic N) is 2. The lowest BCUT2D eigenvalue weighted by Crippen LogP contribution is -2.04. The number of hydrogen-bond acceptors (Lipinski definition) is 4. The van der Waals surface area contributed by atoms with Crippen LogP contribution in [0, 0.1) is 6.92 Å². The van der Waals surface area contributed by atoms with Crippen molar-refractivity contribution in [1.29, 1.82) is 0 Å². The summed E-state index contributed by atoms with van der Waals surface area (Å²) >= 11 is 0. The molecule has 0 saturated carbocycles. The third kappa shape index (κ3) is 2.47. The van der Waals surface area contributed by atoms with Gasteiger partial charge in [-0.3, -0.25) is 4.79 Å². The van der Waals surface area contributed by atoms with Crippen LogP contribution in [0.5, 0.6) is 5.75 Å². The van der Waals surface area contributed by atoms with Crippen LogP contribution in [-0.4, -0.2) is 15.9 Å². The van der Waals surface area contributed by atoms with E-state index in [4.69, 9.17) is 4.74 Å². The Balaban J connectivity index is 2.55. The van der Waals surface area contributed by atoms with E-state index in [-0.39, 0.29) is 5.97 Å². The minimum atomic E-state index is -0.354. The van der Waals surface area contributed by atoms with Crippen LogP contribution in [0.4, 0.5) is 0 Å². The summed E-state index contributed by atoms with van der Waals surface area (Å²) < 4.78 is 5.16. The Bertz CT molecular complexity index is 538. The summed E-state index contributed by atoms with van der Waals surface area (Å²) in [6.07, 6.45) is 3.32. The van der Waals surface area contributed by atoms with Crippen LogP contribution in [0.2, 0.25) is 0 Å². The van der Waals surface area contributed by atoms with E-state index < -0.39 is 0 Å². The fourth-order valence-electron chi connectivity index (χ4n) is 1.60. The Morgan fingerprint density at radius 3 is 2.53 bits per heavy atom. The summed E-state index contributed by atoms with van der Waals surface area (Å²) in [4.78, 5) is 19.4. The average Bonchev–Trinajstić information content (AvgIpc) is 2.29. The quantitative estimate of drug-likeness (QED) is 0.585. The lowest BCUT2D eigenvalue weighted by Gasteiger charge is -2.10. The molecule has 4 heteroatoms. The second kappa shape index (κ2) is 4.74. The highest BCUT2D eigenvalue weighted by atomic mass is 16.5. The standard InChI is InChI=1S/C13H12N2O2/c1-9-5-3-6-11(17-10(2)16)12(9)13-14-7-4-8-15-13/h3-8H,1-2H3. The Kier molecular flexibility index (Phi) is 3.14. The zero-order chi connectivity index (χ0) is 12.3. The van der Waals surface area contributed by atoms with Crippen molar-refractivity contribution in [3.8, 4) is 17.1 Å². The highest BCUT2D eigenvalue weighted by Gasteiger charge is 2.12. The number of aromatic nitrogens is 2. The summed E-state index contributed by atoms with van der Waals surface area (Å²) in [7, 11) is 0. The van der Waals surface area contributed by atoms with Crippen LogP contribution in [0.1, 0.15) is 12.5 Å². The van der Waals surface area contributed by atoms with Crippen molar-refractivity contribution in [1.82, 2.24) is 9.97 Å². The van der Waals surface area contributed by atoms with Gasteiger partial charge in [0.2, 0.25) is 0 Å². The van der Waals surface area contributed by atoms with Crippen molar-refractivity contribution in [3.63, 3.8) is 0 Å². The maximum atomic E-state index is 11.0. The largest absolute Gasteiger partial charge is 0.426 e. The molecule has 0 aliphatic carbocycles. The predicted octanol–water partition coefficient (Wildman–Crippen LogP) is 2.38. The fraction of sp³-hybridized carbons (Fsp3) is 0.154. The molecule has 0 amide bonds. The van der Waals surface area contributed by atoms with Crippen LogP contribution >= 0.6 is 0 Å². The third-order valence-corrected chi connectivity index (χ3v) is 2.28. The molecule has 1 aromatic carbocycles. The van der Waals surface area contributed by atoms with Gasteiger partial charge in [-0.05, 0) is 24.6 Å². The van der Waals surface area contributed by atoms with E-state index in [1.165, 1.54) is 6.92 Å². The molecule has 0 aliphatic heterocycles. The highest BCUT2D eigenvalue weighted by molar-refractivity contribution is 5.75. The van der Waals surface area contributed by atoms with Crippen molar-refractivity contribution in [2.45, 2.75) is 13.8 Å². The van der Waals surface area contributed by atoms with E-state index in [0.29, 0.717) is 11.6 Å². The summed E-state index contributed by atoms with van der Waals surface area (Å²) in [5.41, 5.74) is 1.72. The molecule has 17 heavy (non-hydrogen) atoms. The van der Waals surface area contributed by atoms with Crippen molar-refractivity contribution >= 4 is 5.97 Å². The van der Waals surface area contributed by atoms with E-state index >= 15 is 0 Å². The van der Waals surface area contributed by atoms with Crippen LogP contribution < -0.4 is 4.74 Å². The number of rotatable bonds is 2. The zero-order valence-electron chi connectivity index (χ0n) is 9.68. The fourth-order valence-corrected chi connectivity index (χ4v) is 1.60. The zero-order valence-corrected chi connectivity index (χ0v) is 9.68. The maximum Gasteiger partial charge on any atom is 0.308 e. The smallest absolute Gasteiger partial charge is 0.308 e. The van der Waals surface area contributed by atoms with Crippen molar-refractivity contribution in [2.75, 3.05) is 0 Å². The maximum absolute atomic E-state index is 11.0. The topological polar surface area (TPSA) is 52.1 Å². The summed E-state index contributed by atoms with van der Waals surface area (Å²) in [5, 5.41) is 0. The van der Waals surface area contributed by atoms with E-state index in [0.717, 1.165) is 11.1 Å². The average molecular weight is 228 g/mol. The van der Waals surface area contributed by atoms with Crippen LogP contribution in [-0.2, 0) is 4.79 Å². The molecule has 1 heterocycles.